The van der Waals surface area contributed by atoms with Gasteiger partial charge in [0.2, 0.25) is 0 Å². The van der Waals surface area contributed by atoms with Crippen LogP contribution in [-0.4, -0.2) is 28.9 Å². The van der Waals surface area contributed by atoms with Gasteiger partial charge in [-0.25, -0.2) is 9.97 Å². The molecule has 0 saturated heterocycles. The van der Waals surface area contributed by atoms with Gasteiger partial charge in [-0.15, -0.1) is 0 Å². The van der Waals surface area contributed by atoms with Crippen molar-refractivity contribution in [2.45, 2.75) is 37.5 Å². The Kier molecular flexibility index (Phi) is 5.91. The minimum Gasteiger partial charge on any atom is -0.361 e. The predicted octanol–water partition coefficient (Wildman–Crippen LogP) is 4.45. The second-order valence-corrected chi connectivity index (χ2v) is 5.57. The van der Waals surface area contributed by atoms with Crippen molar-refractivity contribution in [1.29, 1.82) is 0 Å². The van der Waals surface area contributed by atoms with E-state index in [-0.39, 0.29) is 11.7 Å². The van der Waals surface area contributed by atoms with Gasteiger partial charge in [-0.3, -0.25) is 0 Å². The average molecular weight is 358 g/mol. The molecule has 19 heavy (non-hydrogen) atoms. The van der Waals surface area contributed by atoms with Crippen LogP contribution in [-0.2, 0) is 0 Å². The van der Waals surface area contributed by atoms with Gasteiger partial charge >= 0.3 is 6.18 Å². The Morgan fingerprint density at radius 3 is 2.47 bits per heavy atom. The summed E-state index contributed by atoms with van der Waals surface area (Å²) in [7, 11) is 0. The second kappa shape index (κ2) is 6.78. The van der Waals surface area contributed by atoms with Gasteiger partial charge in [-0.1, -0.05) is 25.6 Å². The maximum Gasteiger partial charge on any atom is 0.405 e. The van der Waals surface area contributed by atoms with Crippen molar-refractivity contribution < 1.29 is 13.2 Å². The number of alkyl halides is 3. The Labute approximate surface area is 122 Å². The molecule has 108 valence electrons. The lowest BCUT2D eigenvalue weighted by molar-refractivity contribution is -0.115. The molecule has 1 unspecified atom stereocenters. The summed E-state index contributed by atoms with van der Waals surface area (Å²) in [5.41, 5.74) is 0.685. The van der Waals surface area contributed by atoms with E-state index in [2.05, 4.69) is 31.2 Å². The van der Waals surface area contributed by atoms with Gasteiger partial charge in [0.1, 0.15) is 17.0 Å². The molecule has 0 aliphatic rings. The number of aromatic nitrogens is 2. The maximum absolute atomic E-state index is 12.3. The van der Waals surface area contributed by atoms with Crippen molar-refractivity contribution in [1.82, 2.24) is 9.97 Å². The molecule has 0 aliphatic heterocycles. The average Bonchev–Trinajstić information content (AvgIpc) is 2.33. The van der Waals surface area contributed by atoms with Crippen LogP contribution in [0.25, 0.3) is 0 Å². The predicted molar refractivity (Wildman–Crippen MR) is 74.8 cm³/mol. The molecule has 1 atom stereocenters. The third kappa shape index (κ3) is 4.83. The minimum atomic E-state index is -4.27. The van der Waals surface area contributed by atoms with E-state index in [0.29, 0.717) is 15.3 Å². The molecule has 1 N–H and O–H groups in total. The van der Waals surface area contributed by atoms with Crippen molar-refractivity contribution in [2.75, 3.05) is 18.1 Å². The summed E-state index contributed by atoms with van der Waals surface area (Å²) in [6, 6.07) is 0. The fourth-order valence-corrected chi connectivity index (χ4v) is 2.70. The molecule has 0 aromatic carbocycles. The quantitative estimate of drug-likeness (QED) is 0.480. The molecule has 1 aromatic heterocycles. The molecule has 0 radical (unpaired) electrons. The van der Waals surface area contributed by atoms with Gasteiger partial charge in [0.05, 0.1) is 0 Å². The third-order valence-corrected chi connectivity index (χ3v) is 3.77. The van der Waals surface area contributed by atoms with Crippen molar-refractivity contribution in [2.24, 2.45) is 0 Å². The van der Waals surface area contributed by atoms with Crippen LogP contribution >= 0.6 is 27.7 Å². The van der Waals surface area contributed by atoms with E-state index in [1.807, 2.05) is 13.8 Å². The summed E-state index contributed by atoms with van der Waals surface area (Å²) in [5.74, 6) is 0.318. The lowest BCUT2D eigenvalue weighted by Crippen LogP contribution is -2.23. The molecule has 0 aliphatic carbocycles. The summed E-state index contributed by atoms with van der Waals surface area (Å²) in [6.45, 7) is 2.79. The third-order valence-electron chi connectivity index (χ3n) is 2.62. The standard InChI is InChI=1S/C11H15BrF3N3S/c1-4-6(2)7-8(12)17-10(19-3)18-9(7)16-5-11(13,14)15/h6H,4-5H2,1-3H3,(H,16,17,18). The Hall–Kier alpha value is -0.500. The molecule has 3 nitrogen and oxygen atoms in total. The zero-order valence-electron chi connectivity index (χ0n) is 10.8. The van der Waals surface area contributed by atoms with Gasteiger partial charge in [0.15, 0.2) is 5.16 Å². The first-order valence-corrected chi connectivity index (χ1v) is 7.72. The van der Waals surface area contributed by atoms with Crippen molar-refractivity contribution in [3.8, 4) is 0 Å². The molecule has 0 saturated carbocycles. The molecule has 0 spiro atoms. The number of hydrogen-bond donors (Lipinski definition) is 1. The highest BCUT2D eigenvalue weighted by atomic mass is 79.9. The first-order valence-electron chi connectivity index (χ1n) is 5.70. The summed E-state index contributed by atoms with van der Waals surface area (Å²) < 4.78 is 37.5. The second-order valence-electron chi connectivity index (χ2n) is 4.04. The Morgan fingerprint density at radius 1 is 1.37 bits per heavy atom. The highest BCUT2D eigenvalue weighted by Crippen LogP contribution is 2.33. The van der Waals surface area contributed by atoms with Gasteiger partial charge in [-0.05, 0) is 34.5 Å². The van der Waals surface area contributed by atoms with Crippen molar-refractivity contribution >= 4 is 33.5 Å². The molecular weight excluding hydrogens is 343 g/mol. The normalized spacial score (nSPS) is 13.4. The Morgan fingerprint density at radius 2 is 2.00 bits per heavy atom. The van der Waals surface area contributed by atoms with E-state index >= 15 is 0 Å². The molecule has 0 amide bonds. The van der Waals surface area contributed by atoms with E-state index < -0.39 is 12.7 Å². The van der Waals surface area contributed by atoms with Gasteiger partial charge in [0.25, 0.3) is 0 Å². The first kappa shape index (κ1) is 16.6. The summed E-state index contributed by atoms with van der Waals surface area (Å²) >= 11 is 4.60. The Balaban J connectivity index is 3.13. The SMILES string of the molecule is CCC(C)c1c(Br)nc(SC)nc1NCC(F)(F)F. The van der Waals surface area contributed by atoms with Crippen LogP contribution in [0.15, 0.2) is 9.76 Å². The number of hydrogen-bond acceptors (Lipinski definition) is 4. The highest BCUT2D eigenvalue weighted by Gasteiger charge is 2.28. The zero-order chi connectivity index (χ0) is 14.6. The van der Waals surface area contributed by atoms with Crippen LogP contribution < -0.4 is 5.32 Å². The van der Waals surface area contributed by atoms with E-state index in [9.17, 15) is 13.2 Å². The molecule has 0 bridgehead atoms. The molecule has 1 rings (SSSR count). The molecular formula is C11H15BrF3N3S. The van der Waals surface area contributed by atoms with Crippen molar-refractivity contribution in [3.05, 3.63) is 10.2 Å². The summed E-state index contributed by atoms with van der Waals surface area (Å²) in [5, 5.41) is 2.80. The first-order chi connectivity index (χ1) is 8.78. The maximum atomic E-state index is 12.3. The van der Waals surface area contributed by atoms with E-state index in [1.54, 1.807) is 6.26 Å². The number of anilines is 1. The van der Waals surface area contributed by atoms with E-state index in [1.165, 1.54) is 11.8 Å². The van der Waals surface area contributed by atoms with Crippen molar-refractivity contribution in [3.63, 3.8) is 0 Å². The number of nitrogens with one attached hydrogen (secondary N) is 1. The smallest absolute Gasteiger partial charge is 0.361 e. The lowest BCUT2D eigenvalue weighted by Gasteiger charge is -2.18. The number of nitrogens with zero attached hydrogens (tertiary/aromatic N) is 2. The van der Waals surface area contributed by atoms with Crippen LogP contribution in [0.4, 0.5) is 19.0 Å². The molecule has 1 aromatic rings. The van der Waals surface area contributed by atoms with Gasteiger partial charge in [0, 0.05) is 5.56 Å². The minimum absolute atomic E-state index is 0.0704. The van der Waals surface area contributed by atoms with Crippen LogP contribution in [0.1, 0.15) is 31.7 Å². The fourth-order valence-electron chi connectivity index (χ4n) is 1.47. The monoisotopic (exact) mass is 357 g/mol. The van der Waals surface area contributed by atoms with Crippen LogP contribution in [0.2, 0.25) is 0 Å². The van der Waals surface area contributed by atoms with Gasteiger partial charge < -0.3 is 5.32 Å². The summed E-state index contributed by atoms with van der Waals surface area (Å²) in [4.78, 5) is 8.35. The molecule has 0 fully saturated rings. The van der Waals surface area contributed by atoms with Crippen LogP contribution in [0.3, 0.4) is 0 Å². The van der Waals surface area contributed by atoms with Crippen LogP contribution in [0.5, 0.6) is 0 Å². The molecule has 1 heterocycles. The number of halogens is 4. The number of thioether (sulfide) groups is 1. The number of rotatable bonds is 5. The largest absolute Gasteiger partial charge is 0.405 e. The highest BCUT2D eigenvalue weighted by molar-refractivity contribution is 9.10. The molecule has 8 heteroatoms. The van der Waals surface area contributed by atoms with Gasteiger partial charge in [-0.2, -0.15) is 13.2 Å². The van der Waals surface area contributed by atoms with E-state index in [4.69, 9.17) is 0 Å². The Bertz CT molecular complexity index is 440. The topological polar surface area (TPSA) is 37.8 Å². The zero-order valence-corrected chi connectivity index (χ0v) is 13.2. The van der Waals surface area contributed by atoms with E-state index in [0.717, 1.165) is 6.42 Å². The lowest BCUT2D eigenvalue weighted by atomic mass is 10.0. The fraction of sp³-hybridized carbons (Fsp3) is 0.636. The summed E-state index contributed by atoms with van der Waals surface area (Å²) in [6.07, 6.45) is -1.71. The van der Waals surface area contributed by atoms with Crippen LogP contribution in [0, 0.1) is 0 Å².